The zero-order chi connectivity index (χ0) is 8.69. The van der Waals surface area contributed by atoms with E-state index in [1.54, 1.807) is 19.9 Å². The highest BCUT2D eigenvalue weighted by Gasteiger charge is 2.01. The maximum absolute atomic E-state index is 10.6. The summed E-state index contributed by atoms with van der Waals surface area (Å²) >= 11 is 0. The van der Waals surface area contributed by atoms with Gasteiger partial charge in [0.05, 0.1) is 0 Å². The number of ether oxygens (including phenoxy) is 1. The predicted molar refractivity (Wildman–Crippen MR) is 41.0 cm³/mol. The van der Waals surface area contributed by atoms with E-state index < -0.39 is 5.97 Å². The van der Waals surface area contributed by atoms with E-state index in [-0.39, 0.29) is 12.5 Å². The molecule has 0 amide bonds. The maximum Gasteiger partial charge on any atom is 0.330 e. The lowest BCUT2D eigenvalue weighted by molar-refractivity contribution is -0.139. The molecule has 11 heavy (non-hydrogen) atoms. The summed E-state index contributed by atoms with van der Waals surface area (Å²) in [6, 6.07) is 0. The lowest BCUT2D eigenvalue weighted by atomic mass is 10.2. The first-order chi connectivity index (χ1) is 5.20. The Labute approximate surface area is 66.0 Å². The summed E-state index contributed by atoms with van der Waals surface area (Å²) in [7, 11) is 0. The molecule has 0 aromatic heterocycles. The summed E-state index contributed by atoms with van der Waals surface area (Å²) in [5, 5.41) is 0. The van der Waals surface area contributed by atoms with E-state index in [0.29, 0.717) is 0 Å². The van der Waals surface area contributed by atoms with Gasteiger partial charge in [-0.05, 0) is 6.92 Å². The van der Waals surface area contributed by atoms with E-state index in [4.69, 9.17) is 0 Å². The molecule has 0 spiro atoms. The number of carbonyl (C=O) groups excluding carboxylic acids is 2. The van der Waals surface area contributed by atoms with Crippen LogP contribution in [0.4, 0.5) is 0 Å². The second-order valence-corrected chi connectivity index (χ2v) is 2.24. The van der Waals surface area contributed by atoms with Crippen LogP contribution < -0.4 is 0 Å². The number of hydrogen-bond donors (Lipinski definition) is 0. The SMILES string of the molecule is CC=CC(=O)OCC(C)C=O. The number of esters is 1. The van der Waals surface area contributed by atoms with Gasteiger partial charge in [-0.2, -0.15) is 0 Å². The van der Waals surface area contributed by atoms with Crippen molar-refractivity contribution in [3.63, 3.8) is 0 Å². The molecule has 3 heteroatoms. The first-order valence-corrected chi connectivity index (χ1v) is 3.45. The zero-order valence-electron chi connectivity index (χ0n) is 6.74. The molecule has 0 aliphatic heterocycles. The molecule has 0 fully saturated rings. The minimum atomic E-state index is -0.402. The van der Waals surface area contributed by atoms with Crippen LogP contribution in [-0.4, -0.2) is 18.9 Å². The molecule has 1 atom stereocenters. The number of allylic oxidation sites excluding steroid dienone is 1. The van der Waals surface area contributed by atoms with Gasteiger partial charge in [-0.25, -0.2) is 4.79 Å². The van der Waals surface area contributed by atoms with Crippen molar-refractivity contribution in [2.75, 3.05) is 6.61 Å². The second kappa shape index (κ2) is 5.65. The fraction of sp³-hybridized carbons (Fsp3) is 0.500. The van der Waals surface area contributed by atoms with Gasteiger partial charge in [0.2, 0.25) is 0 Å². The molecule has 3 nitrogen and oxygen atoms in total. The van der Waals surface area contributed by atoms with Crippen molar-refractivity contribution in [3.8, 4) is 0 Å². The Hall–Kier alpha value is -1.12. The molecule has 0 aromatic carbocycles. The topological polar surface area (TPSA) is 43.4 Å². The largest absolute Gasteiger partial charge is 0.462 e. The van der Waals surface area contributed by atoms with E-state index in [0.717, 1.165) is 6.29 Å². The first-order valence-electron chi connectivity index (χ1n) is 3.45. The lowest BCUT2D eigenvalue weighted by Gasteiger charge is -2.02. The Balaban J connectivity index is 3.53. The van der Waals surface area contributed by atoms with E-state index in [1.807, 2.05) is 0 Å². The smallest absolute Gasteiger partial charge is 0.330 e. The summed E-state index contributed by atoms with van der Waals surface area (Å²) < 4.78 is 4.68. The third-order valence-electron chi connectivity index (χ3n) is 1.02. The molecule has 0 saturated carbocycles. The molecule has 1 unspecified atom stereocenters. The maximum atomic E-state index is 10.6. The van der Waals surface area contributed by atoms with Crippen LogP contribution in [0.25, 0.3) is 0 Å². The van der Waals surface area contributed by atoms with Crippen LogP contribution in [0, 0.1) is 5.92 Å². The average molecular weight is 156 g/mol. The molecule has 0 bridgehead atoms. The Kier molecular flexibility index (Phi) is 5.07. The second-order valence-electron chi connectivity index (χ2n) is 2.24. The molecule has 0 heterocycles. The summed E-state index contributed by atoms with van der Waals surface area (Å²) in [4.78, 5) is 20.7. The molecule has 62 valence electrons. The highest BCUT2D eigenvalue weighted by atomic mass is 16.5. The monoisotopic (exact) mass is 156 g/mol. The molecular weight excluding hydrogens is 144 g/mol. The molecule has 0 aromatic rings. The van der Waals surface area contributed by atoms with E-state index in [9.17, 15) is 9.59 Å². The van der Waals surface area contributed by atoms with Gasteiger partial charge in [-0.15, -0.1) is 0 Å². The van der Waals surface area contributed by atoms with Crippen molar-refractivity contribution < 1.29 is 14.3 Å². The highest BCUT2D eigenvalue weighted by molar-refractivity contribution is 5.81. The summed E-state index contributed by atoms with van der Waals surface area (Å²) in [6.07, 6.45) is 3.66. The van der Waals surface area contributed by atoms with Crippen LogP contribution in [0.1, 0.15) is 13.8 Å². The fourth-order valence-corrected chi connectivity index (χ4v) is 0.437. The Morgan fingerprint density at radius 2 is 2.27 bits per heavy atom. The molecule has 0 rings (SSSR count). The van der Waals surface area contributed by atoms with Crippen molar-refractivity contribution in [1.29, 1.82) is 0 Å². The summed E-state index contributed by atoms with van der Waals surface area (Å²) in [5.41, 5.74) is 0. The minimum absolute atomic E-state index is 0.159. The van der Waals surface area contributed by atoms with Crippen molar-refractivity contribution in [2.24, 2.45) is 5.92 Å². The summed E-state index contributed by atoms with van der Waals surface area (Å²) in [6.45, 7) is 3.58. The lowest BCUT2D eigenvalue weighted by Crippen LogP contribution is -2.10. The van der Waals surface area contributed by atoms with Crippen LogP contribution in [0.2, 0.25) is 0 Å². The number of hydrogen-bond acceptors (Lipinski definition) is 3. The number of carbonyl (C=O) groups is 2. The molecule has 0 N–H and O–H groups in total. The minimum Gasteiger partial charge on any atom is -0.462 e. The van der Waals surface area contributed by atoms with Gasteiger partial charge >= 0.3 is 5.97 Å². The van der Waals surface area contributed by atoms with Gasteiger partial charge in [-0.3, -0.25) is 0 Å². The van der Waals surface area contributed by atoms with Crippen LogP contribution in [0.15, 0.2) is 12.2 Å². The van der Waals surface area contributed by atoms with Crippen molar-refractivity contribution >= 4 is 12.3 Å². The molecular formula is C8H12O3. The molecule has 0 radical (unpaired) electrons. The average Bonchev–Trinajstić information content (AvgIpc) is 2.01. The van der Waals surface area contributed by atoms with E-state index in [1.165, 1.54) is 6.08 Å². The van der Waals surface area contributed by atoms with Crippen molar-refractivity contribution in [3.05, 3.63) is 12.2 Å². The number of aldehydes is 1. The fourth-order valence-electron chi connectivity index (χ4n) is 0.437. The highest BCUT2D eigenvalue weighted by Crippen LogP contribution is 1.91. The Morgan fingerprint density at radius 3 is 2.73 bits per heavy atom. The predicted octanol–water partition coefficient (Wildman–Crippen LogP) is 0.941. The van der Waals surface area contributed by atoms with Crippen LogP contribution in [0.5, 0.6) is 0 Å². The van der Waals surface area contributed by atoms with Gasteiger partial charge in [-0.1, -0.05) is 13.0 Å². The van der Waals surface area contributed by atoms with Crippen molar-refractivity contribution in [2.45, 2.75) is 13.8 Å². The van der Waals surface area contributed by atoms with E-state index >= 15 is 0 Å². The Bertz CT molecular complexity index is 161. The van der Waals surface area contributed by atoms with Crippen molar-refractivity contribution in [1.82, 2.24) is 0 Å². The van der Waals surface area contributed by atoms with Crippen LogP contribution >= 0.6 is 0 Å². The third-order valence-corrected chi connectivity index (χ3v) is 1.02. The molecule has 0 aliphatic rings. The third kappa shape index (κ3) is 5.33. The number of rotatable bonds is 4. The van der Waals surface area contributed by atoms with Gasteiger partial charge in [0.15, 0.2) is 0 Å². The van der Waals surface area contributed by atoms with Gasteiger partial charge in [0, 0.05) is 12.0 Å². The van der Waals surface area contributed by atoms with Gasteiger partial charge in [0.1, 0.15) is 12.9 Å². The van der Waals surface area contributed by atoms with Crippen LogP contribution in [0.3, 0.4) is 0 Å². The standard InChI is InChI=1S/C8H12O3/c1-3-4-8(10)11-6-7(2)5-9/h3-5,7H,6H2,1-2H3. The van der Waals surface area contributed by atoms with E-state index in [2.05, 4.69) is 4.74 Å². The van der Waals surface area contributed by atoms with Crippen LogP contribution in [-0.2, 0) is 14.3 Å². The molecule has 0 saturated heterocycles. The first kappa shape index (κ1) is 9.88. The molecule has 0 aliphatic carbocycles. The summed E-state index contributed by atoms with van der Waals surface area (Å²) in [5.74, 6) is -0.620. The van der Waals surface area contributed by atoms with Gasteiger partial charge in [0.25, 0.3) is 0 Å². The van der Waals surface area contributed by atoms with Gasteiger partial charge < -0.3 is 9.53 Å². The quantitative estimate of drug-likeness (QED) is 0.345. The Morgan fingerprint density at radius 1 is 1.64 bits per heavy atom. The zero-order valence-corrected chi connectivity index (χ0v) is 6.74. The normalized spacial score (nSPS) is 12.9.